The SMILES string of the molecule is N[C@H]1CC(=O)N[C@@H]1CC(=O)N[C@H]1CC(=O)N[C@@H]1CC(=O)N[C@H]1CC(=O)N[C@@H]1CC(=O)N[C@H]1CC(=O)N[C@@H]1CC(=O)N[C@H]1CC(=O)N[C@@H]1CC(=O)N[C@H]1CC(=O)N[C@@H]1CC(=O)O. The van der Waals surface area contributed by atoms with Crippen molar-refractivity contribution in [2.24, 2.45) is 5.73 Å². The molecule has 332 valence electrons. The minimum Gasteiger partial charge on any atom is -0.481 e. The van der Waals surface area contributed by atoms with Crippen molar-refractivity contribution in [2.75, 3.05) is 0 Å². The Morgan fingerprint density at radius 3 is 0.836 bits per heavy atom. The molecular formula is C36H50N12O13. The number of nitrogens with one attached hydrogen (secondary N) is 11. The zero-order valence-corrected chi connectivity index (χ0v) is 32.8. The van der Waals surface area contributed by atoms with Crippen LogP contribution in [0.3, 0.4) is 0 Å². The third-order valence-corrected chi connectivity index (χ3v) is 11.6. The Balaban J connectivity index is 0.957. The summed E-state index contributed by atoms with van der Waals surface area (Å²) in [7, 11) is 0. The number of carboxylic acid groups (broad SMARTS) is 1. The molecule has 6 heterocycles. The van der Waals surface area contributed by atoms with E-state index in [0.29, 0.717) is 0 Å². The van der Waals surface area contributed by atoms with Crippen LogP contribution >= 0.6 is 0 Å². The highest BCUT2D eigenvalue weighted by molar-refractivity contribution is 5.90. The second-order valence-electron chi connectivity index (χ2n) is 16.4. The van der Waals surface area contributed by atoms with E-state index in [9.17, 15) is 57.5 Å². The van der Waals surface area contributed by atoms with E-state index in [1.807, 2.05) is 0 Å². The van der Waals surface area contributed by atoms with Crippen molar-refractivity contribution in [3.05, 3.63) is 0 Å². The van der Waals surface area contributed by atoms with Gasteiger partial charge in [-0.3, -0.25) is 57.5 Å². The summed E-state index contributed by atoms with van der Waals surface area (Å²) in [6.45, 7) is 0. The lowest BCUT2D eigenvalue weighted by Crippen LogP contribution is -2.52. The van der Waals surface area contributed by atoms with Gasteiger partial charge in [0.05, 0.1) is 72.9 Å². The molecule has 6 fully saturated rings. The Morgan fingerprint density at radius 2 is 0.607 bits per heavy atom. The van der Waals surface area contributed by atoms with Crippen molar-refractivity contribution >= 4 is 70.9 Å². The summed E-state index contributed by atoms with van der Waals surface area (Å²) in [5.41, 5.74) is 5.91. The maximum absolute atomic E-state index is 13.3. The number of rotatable bonds is 17. The molecule has 12 atom stereocenters. The molecule has 11 amide bonds. The van der Waals surface area contributed by atoms with E-state index in [2.05, 4.69) is 58.5 Å². The molecule has 6 aliphatic heterocycles. The van der Waals surface area contributed by atoms with Crippen molar-refractivity contribution in [1.29, 1.82) is 0 Å². The fourth-order valence-corrected chi connectivity index (χ4v) is 8.71. The minimum atomic E-state index is -1.16. The molecule has 25 heteroatoms. The summed E-state index contributed by atoms with van der Waals surface area (Å²) in [6, 6.07) is -9.24. The molecule has 14 N–H and O–H groups in total. The standard InChI is InChI=1S/C36H50N12O13/c37-13-1-25(49)38-14(13)2-26(50)39-15-3-27(51)40-16(15)4-28(52)41-17-5-29(53)42-18(17)6-30(54)43-19-7-31(55)44-20(19)8-32(56)45-21-9-33(57)46-22(21)10-34(58)47-23-11-35(59)48-24(23)12-36(60)61/h13-24H,1-12,37H2,(H,38,49)(H,39,50)(H,40,51)(H,41,52)(H,42,53)(H,43,54)(H,44,55)(H,45,56)(H,46,57)(H,47,58)(H,48,59)(H,60,61)/t13-,14+,15-,16+,17-,18+,19-,20+,21-,22+,23-,24+/m0/s1. The largest absolute Gasteiger partial charge is 0.481 e. The van der Waals surface area contributed by atoms with E-state index in [0.717, 1.165) is 0 Å². The molecule has 61 heavy (non-hydrogen) atoms. The number of carboxylic acids is 1. The number of aliphatic carboxylic acids is 1. The molecule has 0 bridgehead atoms. The number of carbonyl (C=O) groups is 12. The zero-order valence-electron chi connectivity index (χ0n) is 32.8. The third kappa shape index (κ3) is 11.9. The first-order chi connectivity index (χ1) is 28.9. The summed E-state index contributed by atoms with van der Waals surface area (Å²) >= 11 is 0. The molecule has 6 rings (SSSR count). The Morgan fingerprint density at radius 1 is 0.393 bits per heavy atom. The third-order valence-electron chi connectivity index (χ3n) is 11.6. The summed E-state index contributed by atoms with van der Waals surface area (Å²) in [4.78, 5) is 149. The number of carbonyl (C=O) groups excluding carboxylic acids is 11. The van der Waals surface area contributed by atoms with Crippen LogP contribution in [0.4, 0.5) is 0 Å². The molecule has 6 aliphatic rings. The van der Waals surface area contributed by atoms with Crippen LogP contribution in [0, 0.1) is 0 Å². The van der Waals surface area contributed by atoms with Crippen molar-refractivity contribution in [3.63, 3.8) is 0 Å². The molecule has 6 saturated heterocycles. The summed E-state index contributed by atoms with van der Waals surface area (Å²) < 4.78 is 0. The van der Waals surface area contributed by atoms with Gasteiger partial charge >= 0.3 is 5.97 Å². The van der Waals surface area contributed by atoms with E-state index in [4.69, 9.17) is 10.8 Å². The highest BCUT2D eigenvalue weighted by Crippen LogP contribution is 2.20. The van der Waals surface area contributed by atoms with E-state index in [1.54, 1.807) is 0 Å². The number of hydrogen-bond donors (Lipinski definition) is 13. The molecule has 0 unspecified atom stereocenters. The van der Waals surface area contributed by atoms with Crippen LogP contribution < -0.4 is 64.2 Å². The van der Waals surface area contributed by atoms with Crippen LogP contribution in [0.5, 0.6) is 0 Å². The van der Waals surface area contributed by atoms with Gasteiger partial charge in [0.1, 0.15) is 0 Å². The summed E-state index contributed by atoms with van der Waals surface area (Å²) in [5.74, 6) is -6.35. The molecule has 0 aliphatic carbocycles. The van der Waals surface area contributed by atoms with Gasteiger partial charge in [-0.25, -0.2) is 0 Å². The van der Waals surface area contributed by atoms with Crippen LogP contribution in [0.2, 0.25) is 0 Å². The average Bonchev–Trinajstić information content (AvgIpc) is 3.97. The molecule has 0 radical (unpaired) electrons. The van der Waals surface area contributed by atoms with Gasteiger partial charge in [0.2, 0.25) is 65.0 Å². The van der Waals surface area contributed by atoms with Crippen LogP contribution in [-0.2, 0) is 57.5 Å². The highest BCUT2D eigenvalue weighted by atomic mass is 16.4. The lowest BCUT2D eigenvalue weighted by molar-refractivity contribution is -0.138. The van der Waals surface area contributed by atoms with Gasteiger partial charge in [-0.05, 0) is 0 Å². The molecular weight excluding hydrogens is 808 g/mol. The van der Waals surface area contributed by atoms with Gasteiger partial charge < -0.3 is 69.3 Å². The van der Waals surface area contributed by atoms with Gasteiger partial charge in [-0.1, -0.05) is 0 Å². The first kappa shape index (κ1) is 44.2. The molecule has 0 aromatic heterocycles. The van der Waals surface area contributed by atoms with Gasteiger partial charge in [-0.15, -0.1) is 0 Å². The van der Waals surface area contributed by atoms with Crippen LogP contribution in [-0.4, -0.2) is 149 Å². The lowest BCUT2D eigenvalue weighted by atomic mass is 10.0. The topological polar surface area (TPSA) is 383 Å². The predicted octanol–water partition coefficient (Wildman–Crippen LogP) is -7.51. The highest BCUT2D eigenvalue weighted by Gasteiger charge is 2.42. The second-order valence-corrected chi connectivity index (χ2v) is 16.4. The Bertz CT molecular complexity index is 1880. The Labute approximate surface area is 347 Å². The van der Waals surface area contributed by atoms with E-state index >= 15 is 0 Å². The van der Waals surface area contributed by atoms with Gasteiger partial charge in [0, 0.05) is 76.7 Å². The smallest absolute Gasteiger partial charge is 0.305 e. The quantitative estimate of drug-likeness (QED) is 0.0647. The summed E-state index contributed by atoms with van der Waals surface area (Å²) in [6.07, 6.45) is -2.24. The maximum Gasteiger partial charge on any atom is 0.305 e. The van der Waals surface area contributed by atoms with Crippen LogP contribution in [0.15, 0.2) is 0 Å². The number of nitrogens with two attached hydrogens (primary N) is 1. The molecule has 25 nitrogen and oxygen atoms in total. The fraction of sp³-hybridized carbons (Fsp3) is 0.667. The molecule has 0 aromatic carbocycles. The van der Waals surface area contributed by atoms with Crippen LogP contribution in [0.1, 0.15) is 77.0 Å². The first-order valence-corrected chi connectivity index (χ1v) is 20.1. The summed E-state index contributed by atoms with van der Waals surface area (Å²) in [5, 5.41) is 38.3. The predicted molar refractivity (Wildman–Crippen MR) is 202 cm³/mol. The Kier molecular flexibility index (Phi) is 13.7. The number of amides is 11. The second kappa shape index (κ2) is 18.9. The van der Waals surface area contributed by atoms with Gasteiger partial charge in [0.15, 0.2) is 0 Å². The fourth-order valence-electron chi connectivity index (χ4n) is 8.71. The van der Waals surface area contributed by atoms with Crippen LogP contribution in [0.25, 0.3) is 0 Å². The normalized spacial score (nSPS) is 32.8. The molecule has 0 aromatic rings. The molecule has 0 spiro atoms. The molecule has 0 saturated carbocycles. The van der Waals surface area contributed by atoms with E-state index in [-0.39, 0.29) is 82.4 Å². The van der Waals surface area contributed by atoms with Crippen molar-refractivity contribution in [2.45, 2.75) is 150 Å². The lowest BCUT2D eigenvalue weighted by Gasteiger charge is -2.25. The Hall–Kier alpha value is -6.40. The maximum atomic E-state index is 13.3. The van der Waals surface area contributed by atoms with Gasteiger partial charge in [0.25, 0.3) is 0 Å². The van der Waals surface area contributed by atoms with Crippen molar-refractivity contribution in [1.82, 2.24) is 58.5 Å². The van der Waals surface area contributed by atoms with E-state index < -0.39 is 138 Å². The minimum absolute atomic E-state index is 0.0838. The monoisotopic (exact) mass is 858 g/mol. The van der Waals surface area contributed by atoms with Crippen molar-refractivity contribution in [3.8, 4) is 0 Å². The van der Waals surface area contributed by atoms with Gasteiger partial charge in [-0.2, -0.15) is 0 Å². The van der Waals surface area contributed by atoms with E-state index in [1.165, 1.54) is 0 Å². The first-order valence-electron chi connectivity index (χ1n) is 20.1. The van der Waals surface area contributed by atoms with Crippen molar-refractivity contribution < 1.29 is 62.6 Å². The number of hydrogen-bond acceptors (Lipinski definition) is 13. The average molecular weight is 859 g/mol. The zero-order chi connectivity index (χ0) is 44.1.